The summed E-state index contributed by atoms with van der Waals surface area (Å²) in [6, 6.07) is 0. The molecule has 0 bridgehead atoms. The highest BCUT2D eigenvalue weighted by Gasteiger charge is 2.14. The van der Waals surface area contributed by atoms with E-state index in [2.05, 4.69) is 0 Å². The average Bonchev–Trinajstić information content (AvgIpc) is 2.21. The Morgan fingerprint density at radius 1 is 1.50 bits per heavy atom. The summed E-state index contributed by atoms with van der Waals surface area (Å²) in [6.45, 7) is 1.50. The highest BCUT2D eigenvalue weighted by molar-refractivity contribution is 5.76. The molecule has 0 aliphatic carbocycles. The Labute approximate surface area is 85.1 Å². The van der Waals surface area contributed by atoms with Crippen molar-refractivity contribution in [2.45, 2.75) is 12.5 Å². The number of likely N-dealkylation sites (N-methyl/N-ethyl adjacent to an activating group) is 1. The van der Waals surface area contributed by atoms with Crippen LogP contribution in [0.5, 0.6) is 0 Å². The second kappa shape index (κ2) is 7.73. The molecule has 0 aliphatic heterocycles. The van der Waals surface area contributed by atoms with Crippen molar-refractivity contribution >= 4 is 5.91 Å². The van der Waals surface area contributed by atoms with Gasteiger partial charge in [0.1, 0.15) is 0 Å². The zero-order valence-corrected chi connectivity index (χ0v) is 9.16. The van der Waals surface area contributed by atoms with Gasteiger partial charge in [0.2, 0.25) is 5.91 Å². The molecule has 1 unspecified atom stereocenters. The van der Waals surface area contributed by atoms with Crippen LogP contribution in [0.4, 0.5) is 0 Å². The summed E-state index contributed by atoms with van der Waals surface area (Å²) in [6.07, 6.45) is 0.139. The van der Waals surface area contributed by atoms with Gasteiger partial charge in [0.25, 0.3) is 0 Å². The minimum absolute atomic E-state index is 0.0272. The van der Waals surface area contributed by atoms with Crippen molar-refractivity contribution < 1.29 is 14.3 Å². The van der Waals surface area contributed by atoms with Crippen LogP contribution in [0.1, 0.15) is 6.42 Å². The molecule has 0 aromatic heterocycles. The minimum Gasteiger partial charge on any atom is -0.383 e. The van der Waals surface area contributed by atoms with Gasteiger partial charge in [0.05, 0.1) is 19.1 Å². The number of rotatable bonds is 7. The van der Waals surface area contributed by atoms with E-state index in [1.54, 1.807) is 26.2 Å². The Kier molecular flexibility index (Phi) is 7.37. The Bertz CT molecular complexity index is 160. The molecule has 1 atom stereocenters. The number of hydrogen-bond donors (Lipinski definition) is 1. The van der Waals surface area contributed by atoms with Crippen LogP contribution in [-0.4, -0.2) is 57.9 Å². The lowest BCUT2D eigenvalue weighted by atomic mass is 10.2. The fourth-order valence-electron chi connectivity index (χ4n) is 0.966. The summed E-state index contributed by atoms with van der Waals surface area (Å²) in [5, 5.41) is 0. The Hall–Kier alpha value is -0.650. The van der Waals surface area contributed by atoms with E-state index in [1.807, 2.05) is 0 Å². The van der Waals surface area contributed by atoms with Gasteiger partial charge in [-0.1, -0.05) is 0 Å². The van der Waals surface area contributed by atoms with Crippen molar-refractivity contribution in [2.24, 2.45) is 5.73 Å². The molecule has 0 spiro atoms. The second-order valence-electron chi connectivity index (χ2n) is 3.11. The molecule has 0 aromatic rings. The zero-order chi connectivity index (χ0) is 11.0. The molecule has 0 saturated carbocycles. The highest BCUT2D eigenvalue weighted by Crippen LogP contribution is 1.99. The summed E-state index contributed by atoms with van der Waals surface area (Å²) >= 11 is 0. The van der Waals surface area contributed by atoms with E-state index in [-0.39, 0.29) is 12.0 Å². The number of ether oxygens (including phenoxy) is 2. The number of nitrogens with zero attached hydrogens (tertiary/aromatic N) is 1. The molecule has 0 heterocycles. The van der Waals surface area contributed by atoms with Crippen molar-refractivity contribution in [1.82, 2.24) is 4.90 Å². The van der Waals surface area contributed by atoms with Gasteiger partial charge in [-0.15, -0.1) is 0 Å². The van der Waals surface area contributed by atoms with E-state index in [1.165, 1.54) is 0 Å². The number of methoxy groups -OCH3 is 2. The van der Waals surface area contributed by atoms with Gasteiger partial charge in [0, 0.05) is 34.4 Å². The third-order valence-electron chi connectivity index (χ3n) is 2.06. The van der Waals surface area contributed by atoms with E-state index < -0.39 is 0 Å². The predicted octanol–water partition coefficient (Wildman–Crippen LogP) is -0.545. The molecule has 14 heavy (non-hydrogen) atoms. The number of carbonyl (C=O) groups excluding carboxylic acids is 1. The molecular formula is C9H20N2O3. The van der Waals surface area contributed by atoms with Gasteiger partial charge >= 0.3 is 0 Å². The lowest BCUT2D eigenvalue weighted by Crippen LogP contribution is -2.35. The van der Waals surface area contributed by atoms with Crippen LogP contribution < -0.4 is 5.73 Å². The van der Waals surface area contributed by atoms with Crippen molar-refractivity contribution in [3.8, 4) is 0 Å². The van der Waals surface area contributed by atoms with Crippen LogP contribution in [0.25, 0.3) is 0 Å². The normalized spacial score (nSPS) is 12.6. The first-order valence-corrected chi connectivity index (χ1v) is 4.61. The van der Waals surface area contributed by atoms with E-state index in [9.17, 15) is 4.79 Å². The highest BCUT2D eigenvalue weighted by atomic mass is 16.5. The minimum atomic E-state index is -0.188. The third kappa shape index (κ3) is 5.16. The summed E-state index contributed by atoms with van der Waals surface area (Å²) < 4.78 is 9.89. The van der Waals surface area contributed by atoms with E-state index >= 15 is 0 Å². The maximum atomic E-state index is 11.5. The zero-order valence-electron chi connectivity index (χ0n) is 9.16. The van der Waals surface area contributed by atoms with E-state index in [0.29, 0.717) is 26.1 Å². The van der Waals surface area contributed by atoms with Crippen LogP contribution in [0, 0.1) is 0 Å². The van der Waals surface area contributed by atoms with Crippen LogP contribution in [0.2, 0.25) is 0 Å². The molecule has 0 rings (SSSR count). The lowest BCUT2D eigenvalue weighted by Gasteiger charge is -2.19. The fourth-order valence-corrected chi connectivity index (χ4v) is 0.966. The smallest absolute Gasteiger partial charge is 0.225 e. The molecule has 5 nitrogen and oxygen atoms in total. The molecule has 5 heteroatoms. The van der Waals surface area contributed by atoms with Gasteiger partial charge in [-0.05, 0) is 0 Å². The van der Waals surface area contributed by atoms with Crippen molar-refractivity contribution in [3.05, 3.63) is 0 Å². The predicted molar refractivity (Wildman–Crippen MR) is 54.0 cm³/mol. The molecule has 0 aromatic carbocycles. The summed E-state index contributed by atoms with van der Waals surface area (Å²) in [4.78, 5) is 13.1. The first-order valence-electron chi connectivity index (χ1n) is 4.61. The standard InChI is InChI=1S/C9H20N2O3/c1-11(4-5-13-2)9(12)6-8(7-10)14-3/h8H,4-7,10H2,1-3H3. The van der Waals surface area contributed by atoms with Crippen molar-refractivity contribution in [2.75, 3.05) is 41.0 Å². The SMILES string of the molecule is COCCN(C)C(=O)CC(CN)OC. The van der Waals surface area contributed by atoms with Gasteiger partial charge < -0.3 is 20.1 Å². The van der Waals surface area contributed by atoms with Gasteiger partial charge in [-0.3, -0.25) is 4.79 Å². The van der Waals surface area contributed by atoms with Gasteiger partial charge in [-0.25, -0.2) is 0 Å². The third-order valence-corrected chi connectivity index (χ3v) is 2.06. The Balaban J connectivity index is 3.81. The first kappa shape index (κ1) is 13.4. The number of nitrogens with two attached hydrogens (primary N) is 1. The van der Waals surface area contributed by atoms with Crippen molar-refractivity contribution in [3.63, 3.8) is 0 Å². The Morgan fingerprint density at radius 2 is 2.14 bits per heavy atom. The van der Waals surface area contributed by atoms with Gasteiger partial charge in [-0.2, -0.15) is 0 Å². The maximum Gasteiger partial charge on any atom is 0.225 e. The topological polar surface area (TPSA) is 64.8 Å². The van der Waals surface area contributed by atoms with Gasteiger partial charge in [0.15, 0.2) is 0 Å². The summed E-state index contributed by atoms with van der Waals surface area (Å²) in [5.41, 5.74) is 5.41. The van der Waals surface area contributed by atoms with Crippen LogP contribution in [0.3, 0.4) is 0 Å². The van der Waals surface area contributed by atoms with E-state index in [0.717, 1.165) is 0 Å². The number of hydrogen-bond acceptors (Lipinski definition) is 4. The molecule has 0 aliphatic rings. The first-order chi connectivity index (χ1) is 6.65. The Morgan fingerprint density at radius 3 is 2.57 bits per heavy atom. The largest absolute Gasteiger partial charge is 0.383 e. The van der Waals surface area contributed by atoms with Crippen LogP contribution in [0.15, 0.2) is 0 Å². The molecular weight excluding hydrogens is 184 g/mol. The monoisotopic (exact) mass is 204 g/mol. The second-order valence-corrected chi connectivity index (χ2v) is 3.11. The summed E-state index contributed by atoms with van der Waals surface area (Å²) in [7, 11) is 4.90. The summed E-state index contributed by atoms with van der Waals surface area (Å²) in [5.74, 6) is 0.0272. The molecule has 0 fully saturated rings. The molecule has 0 radical (unpaired) electrons. The van der Waals surface area contributed by atoms with Crippen LogP contribution in [-0.2, 0) is 14.3 Å². The number of carbonyl (C=O) groups is 1. The lowest BCUT2D eigenvalue weighted by molar-refractivity contribution is -0.132. The van der Waals surface area contributed by atoms with Crippen molar-refractivity contribution in [1.29, 1.82) is 0 Å². The molecule has 0 saturated heterocycles. The van der Waals surface area contributed by atoms with Crippen LogP contribution >= 0.6 is 0 Å². The maximum absolute atomic E-state index is 11.5. The molecule has 2 N–H and O–H groups in total. The fraction of sp³-hybridized carbons (Fsp3) is 0.889. The molecule has 1 amide bonds. The number of amides is 1. The quantitative estimate of drug-likeness (QED) is 0.604. The van der Waals surface area contributed by atoms with E-state index in [4.69, 9.17) is 15.2 Å². The average molecular weight is 204 g/mol. The molecule has 84 valence electrons.